The number of nitrogens with one attached hydrogen (secondary N) is 2. The zero-order valence-electron chi connectivity index (χ0n) is 11.6. The second-order valence-electron chi connectivity index (χ2n) is 5.93. The molecule has 0 aromatic heterocycles. The summed E-state index contributed by atoms with van der Waals surface area (Å²) < 4.78 is 0. The molecular formula is C13H23N3O2. The SMILES string of the molecule is CC(C)C1C(=O)NC1CC(=O)C1CC(C)N(C)N1. The molecule has 2 rings (SSSR count). The third kappa shape index (κ3) is 2.42. The lowest BCUT2D eigenvalue weighted by atomic mass is 9.78. The number of hydrazine groups is 1. The van der Waals surface area contributed by atoms with Crippen LogP contribution in [0.15, 0.2) is 0 Å². The van der Waals surface area contributed by atoms with Gasteiger partial charge in [0.2, 0.25) is 5.91 Å². The fourth-order valence-corrected chi connectivity index (χ4v) is 2.89. The summed E-state index contributed by atoms with van der Waals surface area (Å²) in [4.78, 5) is 23.6. The first-order valence-corrected chi connectivity index (χ1v) is 6.72. The van der Waals surface area contributed by atoms with Crippen molar-refractivity contribution in [3.8, 4) is 0 Å². The summed E-state index contributed by atoms with van der Waals surface area (Å²) >= 11 is 0. The maximum atomic E-state index is 12.2. The number of amides is 1. The molecule has 2 aliphatic heterocycles. The van der Waals surface area contributed by atoms with Gasteiger partial charge in [-0.2, -0.15) is 0 Å². The third-order valence-electron chi connectivity index (χ3n) is 4.19. The van der Waals surface area contributed by atoms with Crippen molar-refractivity contribution in [3.63, 3.8) is 0 Å². The van der Waals surface area contributed by atoms with Gasteiger partial charge in [-0.1, -0.05) is 13.8 Å². The summed E-state index contributed by atoms with van der Waals surface area (Å²) in [5, 5.41) is 4.84. The van der Waals surface area contributed by atoms with E-state index in [4.69, 9.17) is 0 Å². The number of Topliss-reactive ketones (excluding diaryl/α,β-unsaturated/α-hetero) is 1. The molecule has 0 aliphatic carbocycles. The van der Waals surface area contributed by atoms with Crippen LogP contribution in [-0.2, 0) is 9.59 Å². The quantitative estimate of drug-likeness (QED) is 0.708. The smallest absolute Gasteiger partial charge is 0.225 e. The monoisotopic (exact) mass is 253 g/mol. The molecule has 2 saturated heterocycles. The van der Waals surface area contributed by atoms with Gasteiger partial charge < -0.3 is 5.32 Å². The molecule has 0 spiro atoms. The lowest BCUT2D eigenvalue weighted by molar-refractivity contribution is -0.139. The summed E-state index contributed by atoms with van der Waals surface area (Å²) in [7, 11) is 1.96. The van der Waals surface area contributed by atoms with Crippen molar-refractivity contribution in [2.75, 3.05) is 7.05 Å². The average molecular weight is 253 g/mol. The third-order valence-corrected chi connectivity index (χ3v) is 4.19. The topological polar surface area (TPSA) is 61.4 Å². The minimum atomic E-state index is -0.0877. The van der Waals surface area contributed by atoms with Gasteiger partial charge in [0.1, 0.15) is 0 Å². The summed E-state index contributed by atoms with van der Waals surface area (Å²) in [6, 6.07) is 0.333. The van der Waals surface area contributed by atoms with Crippen LogP contribution in [0.4, 0.5) is 0 Å². The Balaban J connectivity index is 1.87. The number of carbonyl (C=O) groups excluding carboxylic acids is 2. The maximum Gasteiger partial charge on any atom is 0.225 e. The number of rotatable bonds is 4. The molecular weight excluding hydrogens is 230 g/mol. The molecule has 2 N–H and O–H groups in total. The largest absolute Gasteiger partial charge is 0.352 e. The lowest BCUT2D eigenvalue weighted by Gasteiger charge is -2.39. The van der Waals surface area contributed by atoms with Crippen LogP contribution in [0.5, 0.6) is 0 Å². The van der Waals surface area contributed by atoms with Crippen molar-refractivity contribution in [2.24, 2.45) is 11.8 Å². The number of β-lactam (4-membered cyclic amide) rings is 1. The Morgan fingerprint density at radius 3 is 2.61 bits per heavy atom. The van der Waals surface area contributed by atoms with Crippen LogP contribution in [0.2, 0.25) is 0 Å². The predicted molar refractivity (Wildman–Crippen MR) is 68.6 cm³/mol. The first-order valence-electron chi connectivity index (χ1n) is 6.72. The number of nitrogens with zero attached hydrogens (tertiary/aromatic N) is 1. The summed E-state index contributed by atoms with van der Waals surface area (Å²) in [6.45, 7) is 6.16. The fraction of sp³-hybridized carbons (Fsp3) is 0.846. The highest BCUT2D eigenvalue weighted by atomic mass is 16.2. The van der Waals surface area contributed by atoms with Crippen LogP contribution in [0, 0.1) is 11.8 Å². The molecule has 4 unspecified atom stereocenters. The van der Waals surface area contributed by atoms with Crippen molar-refractivity contribution in [2.45, 2.75) is 51.7 Å². The standard InChI is InChI=1S/C13H23N3O2/c1-7(2)12-10(14-13(12)18)6-11(17)9-5-8(3)16(4)15-9/h7-10,12,15H,5-6H2,1-4H3,(H,14,18). The number of ketones is 1. The second kappa shape index (κ2) is 4.97. The van der Waals surface area contributed by atoms with Gasteiger partial charge in [0.05, 0.1) is 12.0 Å². The van der Waals surface area contributed by atoms with Gasteiger partial charge in [0.15, 0.2) is 5.78 Å². The Labute approximate surface area is 108 Å². The first-order chi connectivity index (χ1) is 8.40. The molecule has 1 amide bonds. The maximum absolute atomic E-state index is 12.2. The molecule has 2 fully saturated rings. The molecule has 4 atom stereocenters. The van der Waals surface area contributed by atoms with Gasteiger partial charge in [0, 0.05) is 25.6 Å². The van der Waals surface area contributed by atoms with E-state index in [1.54, 1.807) is 0 Å². The molecule has 2 heterocycles. The Hall–Kier alpha value is -0.940. The lowest BCUT2D eigenvalue weighted by Crippen LogP contribution is -2.61. The van der Waals surface area contributed by atoms with E-state index in [9.17, 15) is 9.59 Å². The van der Waals surface area contributed by atoms with Crippen LogP contribution in [-0.4, -0.2) is 41.9 Å². The van der Waals surface area contributed by atoms with Crippen molar-refractivity contribution < 1.29 is 9.59 Å². The van der Waals surface area contributed by atoms with Crippen molar-refractivity contribution >= 4 is 11.7 Å². The predicted octanol–water partition coefficient (Wildman–Crippen LogP) is 0.313. The van der Waals surface area contributed by atoms with Crippen LogP contribution >= 0.6 is 0 Å². The molecule has 5 nitrogen and oxygen atoms in total. The minimum Gasteiger partial charge on any atom is -0.352 e. The van der Waals surface area contributed by atoms with E-state index in [0.717, 1.165) is 6.42 Å². The molecule has 0 bridgehead atoms. The number of carbonyl (C=O) groups is 2. The molecule has 0 radical (unpaired) electrons. The highest BCUT2D eigenvalue weighted by molar-refractivity contribution is 5.91. The van der Waals surface area contributed by atoms with E-state index in [1.165, 1.54) is 0 Å². The summed E-state index contributed by atoms with van der Waals surface area (Å²) in [5.41, 5.74) is 3.18. The van der Waals surface area contributed by atoms with E-state index < -0.39 is 0 Å². The number of hydrogen-bond acceptors (Lipinski definition) is 4. The molecule has 102 valence electrons. The Bertz CT molecular complexity index is 346. The fourth-order valence-electron chi connectivity index (χ4n) is 2.89. The van der Waals surface area contributed by atoms with Gasteiger partial charge in [-0.3, -0.25) is 9.59 Å². The first kappa shape index (κ1) is 13.5. The van der Waals surface area contributed by atoms with Crippen LogP contribution in [0.25, 0.3) is 0 Å². The average Bonchev–Trinajstić information content (AvgIpc) is 2.57. The van der Waals surface area contributed by atoms with E-state index in [1.807, 2.05) is 25.9 Å². The Morgan fingerprint density at radius 1 is 1.50 bits per heavy atom. The van der Waals surface area contributed by atoms with Crippen LogP contribution in [0.1, 0.15) is 33.6 Å². The van der Waals surface area contributed by atoms with Gasteiger partial charge in [-0.25, -0.2) is 10.4 Å². The Kier molecular flexibility index (Phi) is 3.73. The molecule has 2 aliphatic rings. The van der Waals surface area contributed by atoms with Crippen LogP contribution < -0.4 is 10.7 Å². The van der Waals surface area contributed by atoms with Gasteiger partial charge >= 0.3 is 0 Å². The summed E-state index contributed by atoms with van der Waals surface area (Å²) in [5.74, 6) is 0.606. The molecule has 5 heteroatoms. The minimum absolute atomic E-state index is 0.00510. The second-order valence-corrected chi connectivity index (χ2v) is 5.93. The van der Waals surface area contributed by atoms with Crippen LogP contribution in [0.3, 0.4) is 0 Å². The van der Waals surface area contributed by atoms with Gasteiger partial charge in [-0.05, 0) is 19.3 Å². The number of hydrogen-bond donors (Lipinski definition) is 2. The van der Waals surface area contributed by atoms with Crippen molar-refractivity contribution in [1.82, 2.24) is 15.8 Å². The molecule has 18 heavy (non-hydrogen) atoms. The highest BCUT2D eigenvalue weighted by Gasteiger charge is 2.43. The van der Waals surface area contributed by atoms with E-state index >= 15 is 0 Å². The van der Waals surface area contributed by atoms with E-state index in [0.29, 0.717) is 18.4 Å². The zero-order chi connectivity index (χ0) is 13.4. The summed E-state index contributed by atoms with van der Waals surface area (Å²) in [6.07, 6.45) is 1.30. The Morgan fingerprint density at radius 2 is 2.17 bits per heavy atom. The van der Waals surface area contributed by atoms with Crippen molar-refractivity contribution in [1.29, 1.82) is 0 Å². The zero-order valence-corrected chi connectivity index (χ0v) is 11.6. The van der Waals surface area contributed by atoms with Crippen molar-refractivity contribution in [3.05, 3.63) is 0 Å². The van der Waals surface area contributed by atoms with Gasteiger partial charge in [0.25, 0.3) is 0 Å². The molecule has 0 aromatic carbocycles. The highest BCUT2D eigenvalue weighted by Crippen LogP contribution is 2.27. The van der Waals surface area contributed by atoms with E-state index in [-0.39, 0.29) is 29.7 Å². The van der Waals surface area contributed by atoms with Gasteiger partial charge in [-0.15, -0.1) is 0 Å². The van der Waals surface area contributed by atoms with E-state index in [2.05, 4.69) is 17.7 Å². The molecule has 0 saturated carbocycles. The normalized spacial score (nSPS) is 36.6. The molecule has 0 aromatic rings.